The van der Waals surface area contributed by atoms with Crippen LogP contribution in [0.4, 0.5) is 4.39 Å². The van der Waals surface area contributed by atoms with Gasteiger partial charge in [0.15, 0.2) is 0 Å². The molecule has 0 aliphatic rings. The third-order valence-electron chi connectivity index (χ3n) is 1.89. The van der Waals surface area contributed by atoms with Gasteiger partial charge in [0.1, 0.15) is 5.82 Å². The Morgan fingerprint density at radius 3 is 2.92 bits per heavy atom. The molecule has 12 heavy (non-hydrogen) atoms. The second kappa shape index (κ2) is 2.59. The smallest absolute Gasteiger partial charge is 0.125 e. The Hall–Kier alpha value is -0.830. The topological polar surface area (TPSA) is 4.93 Å². The summed E-state index contributed by atoms with van der Waals surface area (Å²) in [7, 11) is 1.94. The molecular formula is C9H7BrFN. The van der Waals surface area contributed by atoms with Crippen molar-refractivity contribution in [3.63, 3.8) is 0 Å². The number of rotatable bonds is 0. The van der Waals surface area contributed by atoms with Crippen molar-refractivity contribution in [1.29, 1.82) is 0 Å². The van der Waals surface area contributed by atoms with E-state index in [9.17, 15) is 4.39 Å². The maximum atomic E-state index is 12.9. The highest BCUT2D eigenvalue weighted by Crippen LogP contribution is 2.25. The summed E-state index contributed by atoms with van der Waals surface area (Å²) in [6, 6.07) is 4.89. The van der Waals surface area contributed by atoms with Gasteiger partial charge in [-0.1, -0.05) is 0 Å². The van der Waals surface area contributed by atoms with Gasteiger partial charge in [-0.05, 0) is 34.1 Å². The van der Waals surface area contributed by atoms with Crippen molar-refractivity contribution in [3.8, 4) is 0 Å². The lowest BCUT2D eigenvalue weighted by Crippen LogP contribution is -1.85. The average molecular weight is 228 g/mol. The first-order chi connectivity index (χ1) is 5.68. The van der Waals surface area contributed by atoms with Crippen molar-refractivity contribution in [1.82, 2.24) is 4.57 Å². The molecule has 1 aromatic carbocycles. The van der Waals surface area contributed by atoms with Crippen molar-refractivity contribution in [2.45, 2.75) is 0 Å². The minimum Gasteiger partial charge on any atom is -0.350 e. The Bertz CT molecular complexity index is 433. The highest BCUT2D eigenvalue weighted by atomic mass is 79.9. The van der Waals surface area contributed by atoms with Crippen LogP contribution in [0.3, 0.4) is 0 Å². The molecule has 0 unspecified atom stereocenters. The molecule has 2 aromatic rings. The minimum atomic E-state index is -0.208. The van der Waals surface area contributed by atoms with Crippen LogP contribution in [0.2, 0.25) is 0 Å². The number of fused-ring (bicyclic) bond motifs is 1. The van der Waals surface area contributed by atoms with Crippen LogP contribution in [0, 0.1) is 5.82 Å². The Morgan fingerprint density at radius 1 is 1.42 bits per heavy atom. The summed E-state index contributed by atoms with van der Waals surface area (Å²) >= 11 is 3.32. The zero-order chi connectivity index (χ0) is 8.72. The highest BCUT2D eigenvalue weighted by Gasteiger charge is 2.04. The predicted octanol–water partition coefficient (Wildman–Crippen LogP) is 3.08. The van der Waals surface area contributed by atoms with Gasteiger partial charge in [-0.2, -0.15) is 0 Å². The molecule has 62 valence electrons. The molecular weight excluding hydrogens is 221 g/mol. The predicted molar refractivity (Wildman–Crippen MR) is 50.6 cm³/mol. The molecule has 0 N–H and O–H groups in total. The van der Waals surface area contributed by atoms with Crippen LogP contribution in [-0.4, -0.2) is 4.57 Å². The van der Waals surface area contributed by atoms with E-state index in [-0.39, 0.29) is 5.82 Å². The van der Waals surface area contributed by atoms with Crippen LogP contribution in [0.15, 0.2) is 28.9 Å². The average Bonchev–Trinajstić information content (AvgIpc) is 2.31. The lowest BCUT2D eigenvalue weighted by molar-refractivity contribution is 0.629. The summed E-state index contributed by atoms with van der Waals surface area (Å²) < 4.78 is 15.6. The maximum Gasteiger partial charge on any atom is 0.125 e. The lowest BCUT2D eigenvalue weighted by atomic mass is 10.2. The second-order valence-electron chi connectivity index (χ2n) is 2.75. The fraction of sp³-hybridized carbons (Fsp3) is 0.111. The van der Waals surface area contributed by atoms with Gasteiger partial charge in [0.2, 0.25) is 0 Å². The fourth-order valence-corrected chi connectivity index (χ4v) is 2.08. The second-order valence-corrected chi connectivity index (χ2v) is 3.61. The molecule has 3 heteroatoms. The quantitative estimate of drug-likeness (QED) is 0.652. The molecule has 0 saturated carbocycles. The van der Waals surface area contributed by atoms with Crippen LogP contribution in [0.1, 0.15) is 0 Å². The molecule has 1 nitrogen and oxygen atoms in total. The Labute approximate surface area is 77.9 Å². The molecule has 1 heterocycles. The minimum absolute atomic E-state index is 0.208. The van der Waals surface area contributed by atoms with E-state index in [1.165, 1.54) is 12.1 Å². The van der Waals surface area contributed by atoms with E-state index in [4.69, 9.17) is 0 Å². The van der Waals surface area contributed by atoms with Gasteiger partial charge in [-0.25, -0.2) is 4.39 Å². The Morgan fingerprint density at radius 2 is 2.17 bits per heavy atom. The van der Waals surface area contributed by atoms with Crippen molar-refractivity contribution in [2.75, 3.05) is 0 Å². The van der Waals surface area contributed by atoms with Gasteiger partial charge in [0.25, 0.3) is 0 Å². The highest BCUT2D eigenvalue weighted by molar-refractivity contribution is 9.10. The van der Waals surface area contributed by atoms with Gasteiger partial charge >= 0.3 is 0 Å². The van der Waals surface area contributed by atoms with Crippen molar-refractivity contribution in [3.05, 3.63) is 34.7 Å². The molecule has 2 rings (SSSR count). The van der Waals surface area contributed by atoms with Crippen LogP contribution < -0.4 is 0 Å². The third-order valence-corrected chi connectivity index (χ3v) is 2.49. The number of aromatic nitrogens is 1. The van der Waals surface area contributed by atoms with E-state index in [0.29, 0.717) is 0 Å². The van der Waals surface area contributed by atoms with Crippen LogP contribution in [0.5, 0.6) is 0 Å². The first-order valence-electron chi connectivity index (χ1n) is 3.58. The molecule has 0 radical (unpaired) electrons. The standard InChI is InChI=1S/C9H7BrFN/c1-12-3-2-6-4-7(11)5-8(10)9(6)12/h2-5H,1H3. The molecule has 0 amide bonds. The van der Waals surface area contributed by atoms with Crippen molar-refractivity contribution in [2.24, 2.45) is 7.05 Å². The number of halogens is 2. The Kier molecular flexibility index (Phi) is 1.68. The molecule has 0 bridgehead atoms. The zero-order valence-corrected chi connectivity index (χ0v) is 8.10. The summed E-state index contributed by atoms with van der Waals surface area (Å²) in [6.45, 7) is 0. The summed E-state index contributed by atoms with van der Waals surface area (Å²) in [5.41, 5.74) is 1.02. The van der Waals surface area contributed by atoms with Gasteiger partial charge in [-0.15, -0.1) is 0 Å². The molecule has 0 fully saturated rings. The van der Waals surface area contributed by atoms with Crippen LogP contribution in [-0.2, 0) is 7.05 Å². The molecule has 0 spiro atoms. The fourth-order valence-electron chi connectivity index (χ4n) is 1.35. The van der Waals surface area contributed by atoms with E-state index >= 15 is 0 Å². The zero-order valence-electron chi connectivity index (χ0n) is 6.51. The normalized spacial score (nSPS) is 10.9. The number of aryl methyl sites for hydroxylation is 1. The Balaban J connectivity index is 2.93. The van der Waals surface area contributed by atoms with E-state index in [0.717, 1.165) is 15.4 Å². The maximum absolute atomic E-state index is 12.9. The first kappa shape index (κ1) is 7.80. The molecule has 0 aliphatic heterocycles. The largest absolute Gasteiger partial charge is 0.350 e. The van der Waals surface area contributed by atoms with E-state index in [1.54, 1.807) is 0 Å². The number of hydrogen-bond acceptors (Lipinski definition) is 0. The van der Waals surface area contributed by atoms with E-state index in [1.807, 2.05) is 23.9 Å². The van der Waals surface area contributed by atoms with Gasteiger partial charge in [0.05, 0.1) is 5.52 Å². The summed E-state index contributed by atoms with van der Waals surface area (Å²) in [4.78, 5) is 0. The molecule has 0 saturated heterocycles. The van der Waals surface area contributed by atoms with Crippen molar-refractivity contribution < 1.29 is 4.39 Å². The third kappa shape index (κ3) is 1.05. The van der Waals surface area contributed by atoms with Gasteiger partial charge < -0.3 is 4.57 Å². The molecule has 0 atom stereocenters. The van der Waals surface area contributed by atoms with Gasteiger partial charge in [-0.3, -0.25) is 0 Å². The monoisotopic (exact) mass is 227 g/mol. The summed E-state index contributed by atoms with van der Waals surface area (Å²) in [5, 5.41) is 0.921. The van der Waals surface area contributed by atoms with Crippen molar-refractivity contribution >= 4 is 26.8 Å². The van der Waals surface area contributed by atoms with Crippen LogP contribution in [0.25, 0.3) is 10.9 Å². The summed E-state index contributed by atoms with van der Waals surface area (Å²) in [5.74, 6) is -0.208. The summed E-state index contributed by atoms with van der Waals surface area (Å²) in [6.07, 6.45) is 1.91. The molecule has 1 aromatic heterocycles. The lowest BCUT2D eigenvalue weighted by Gasteiger charge is -1.99. The number of benzene rings is 1. The first-order valence-corrected chi connectivity index (χ1v) is 4.38. The van der Waals surface area contributed by atoms with E-state index < -0.39 is 0 Å². The van der Waals surface area contributed by atoms with E-state index in [2.05, 4.69) is 15.9 Å². The number of nitrogens with zero attached hydrogens (tertiary/aromatic N) is 1. The van der Waals surface area contributed by atoms with Crippen LogP contribution >= 0.6 is 15.9 Å². The molecule has 0 aliphatic carbocycles. The SMILES string of the molecule is Cn1ccc2cc(F)cc(Br)c21. The van der Waals surface area contributed by atoms with Gasteiger partial charge in [0, 0.05) is 23.1 Å². The number of hydrogen-bond donors (Lipinski definition) is 0.